The van der Waals surface area contributed by atoms with Gasteiger partial charge in [0, 0.05) is 18.0 Å². The molecule has 0 heterocycles. The maximum atomic E-state index is 3.80. The van der Waals surface area contributed by atoms with E-state index in [1.54, 1.807) is 0 Å². The lowest BCUT2D eigenvalue weighted by atomic mass is 9.94. The Balaban J connectivity index is 1.57. The van der Waals surface area contributed by atoms with Gasteiger partial charge in [-0.2, -0.15) is 0 Å². The zero-order valence-corrected chi connectivity index (χ0v) is 12.3. The van der Waals surface area contributed by atoms with E-state index in [0.29, 0.717) is 23.9 Å². The van der Waals surface area contributed by atoms with Crippen LogP contribution in [0.5, 0.6) is 0 Å². The smallest absolute Gasteiger partial charge is 0.0145 e. The standard InChI is InChI=1S/C19H23N/c1-14(16-9-5-3-6-10-16)15(2)20-19-13-18(19)17-11-7-4-8-12-17/h3-12,14-15,18-20H,13H2,1-2H3/t14-,15-,18-,19+/m0/s1. The van der Waals surface area contributed by atoms with Gasteiger partial charge in [0.15, 0.2) is 0 Å². The molecule has 1 fully saturated rings. The van der Waals surface area contributed by atoms with Crippen LogP contribution in [0.1, 0.15) is 43.2 Å². The lowest BCUT2D eigenvalue weighted by Crippen LogP contribution is -2.33. The molecule has 0 saturated heterocycles. The van der Waals surface area contributed by atoms with Crippen molar-refractivity contribution in [3.63, 3.8) is 0 Å². The first-order valence-electron chi connectivity index (χ1n) is 7.61. The Morgan fingerprint density at radius 2 is 1.50 bits per heavy atom. The Hall–Kier alpha value is -1.60. The van der Waals surface area contributed by atoms with E-state index in [-0.39, 0.29) is 0 Å². The highest BCUT2D eigenvalue weighted by atomic mass is 15.0. The Labute approximate surface area is 122 Å². The first kappa shape index (κ1) is 13.4. The summed E-state index contributed by atoms with van der Waals surface area (Å²) in [5, 5.41) is 3.80. The average Bonchev–Trinajstić information content (AvgIpc) is 3.27. The van der Waals surface area contributed by atoms with E-state index in [1.165, 1.54) is 17.5 Å². The van der Waals surface area contributed by atoms with Crippen molar-refractivity contribution in [1.82, 2.24) is 5.32 Å². The molecule has 0 unspecified atom stereocenters. The van der Waals surface area contributed by atoms with Crippen LogP contribution in [-0.2, 0) is 0 Å². The summed E-state index contributed by atoms with van der Waals surface area (Å²) in [4.78, 5) is 0. The van der Waals surface area contributed by atoms with Gasteiger partial charge >= 0.3 is 0 Å². The lowest BCUT2D eigenvalue weighted by molar-refractivity contribution is 0.474. The van der Waals surface area contributed by atoms with Gasteiger partial charge in [0.05, 0.1) is 0 Å². The molecule has 1 heteroatoms. The molecular formula is C19H23N. The third kappa shape index (κ3) is 2.94. The minimum atomic E-state index is 0.510. The Morgan fingerprint density at radius 3 is 2.15 bits per heavy atom. The van der Waals surface area contributed by atoms with Crippen LogP contribution in [0.2, 0.25) is 0 Å². The van der Waals surface area contributed by atoms with E-state index in [9.17, 15) is 0 Å². The molecule has 1 N–H and O–H groups in total. The van der Waals surface area contributed by atoms with Gasteiger partial charge in [0.1, 0.15) is 0 Å². The zero-order valence-electron chi connectivity index (χ0n) is 12.3. The number of benzene rings is 2. The van der Waals surface area contributed by atoms with Crippen LogP contribution in [0.4, 0.5) is 0 Å². The molecule has 1 aliphatic rings. The fourth-order valence-corrected chi connectivity index (χ4v) is 2.98. The maximum absolute atomic E-state index is 3.80. The molecule has 0 amide bonds. The van der Waals surface area contributed by atoms with Gasteiger partial charge in [-0.3, -0.25) is 0 Å². The highest BCUT2D eigenvalue weighted by Gasteiger charge is 2.39. The van der Waals surface area contributed by atoms with Gasteiger partial charge in [-0.1, -0.05) is 67.6 Å². The van der Waals surface area contributed by atoms with Crippen LogP contribution < -0.4 is 5.32 Å². The summed E-state index contributed by atoms with van der Waals surface area (Å²) in [7, 11) is 0. The predicted molar refractivity (Wildman–Crippen MR) is 85.0 cm³/mol. The summed E-state index contributed by atoms with van der Waals surface area (Å²) in [6.45, 7) is 4.62. The van der Waals surface area contributed by atoms with Gasteiger partial charge < -0.3 is 5.32 Å². The molecule has 1 aliphatic carbocycles. The molecule has 0 radical (unpaired) electrons. The van der Waals surface area contributed by atoms with Crippen molar-refractivity contribution in [2.75, 3.05) is 0 Å². The fraction of sp³-hybridized carbons (Fsp3) is 0.368. The van der Waals surface area contributed by atoms with Crippen molar-refractivity contribution in [3.05, 3.63) is 71.8 Å². The van der Waals surface area contributed by atoms with Crippen LogP contribution >= 0.6 is 0 Å². The van der Waals surface area contributed by atoms with Gasteiger partial charge in [-0.05, 0) is 30.4 Å². The molecule has 2 aromatic carbocycles. The van der Waals surface area contributed by atoms with Crippen molar-refractivity contribution in [2.24, 2.45) is 0 Å². The zero-order chi connectivity index (χ0) is 13.9. The minimum absolute atomic E-state index is 0.510. The molecule has 2 aromatic rings. The van der Waals surface area contributed by atoms with Crippen molar-refractivity contribution in [1.29, 1.82) is 0 Å². The van der Waals surface area contributed by atoms with Crippen LogP contribution in [-0.4, -0.2) is 12.1 Å². The van der Waals surface area contributed by atoms with Crippen molar-refractivity contribution < 1.29 is 0 Å². The first-order valence-corrected chi connectivity index (χ1v) is 7.61. The van der Waals surface area contributed by atoms with E-state index < -0.39 is 0 Å². The average molecular weight is 265 g/mol. The van der Waals surface area contributed by atoms with Gasteiger partial charge in [0.25, 0.3) is 0 Å². The molecule has 1 saturated carbocycles. The first-order chi connectivity index (χ1) is 9.75. The lowest BCUT2D eigenvalue weighted by Gasteiger charge is -2.22. The molecule has 0 spiro atoms. The molecule has 3 rings (SSSR count). The number of rotatable bonds is 5. The summed E-state index contributed by atoms with van der Waals surface area (Å²) in [6, 6.07) is 22.8. The second kappa shape index (κ2) is 5.80. The third-order valence-electron chi connectivity index (χ3n) is 4.57. The quantitative estimate of drug-likeness (QED) is 0.848. The monoisotopic (exact) mass is 265 g/mol. The summed E-state index contributed by atoms with van der Waals surface area (Å²) in [5.74, 6) is 1.26. The van der Waals surface area contributed by atoms with Crippen molar-refractivity contribution >= 4 is 0 Å². The summed E-state index contributed by atoms with van der Waals surface area (Å²) in [6.07, 6.45) is 1.27. The normalized spacial score (nSPS) is 24.1. The van der Waals surface area contributed by atoms with Crippen molar-refractivity contribution in [2.45, 2.75) is 44.2 Å². The van der Waals surface area contributed by atoms with Crippen molar-refractivity contribution in [3.8, 4) is 0 Å². The molecule has 1 nitrogen and oxygen atoms in total. The maximum Gasteiger partial charge on any atom is 0.0145 e. The number of nitrogens with one attached hydrogen (secondary N) is 1. The highest BCUT2D eigenvalue weighted by molar-refractivity contribution is 5.28. The van der Waals surface area contributed by atoms with E-state index in [0.717, 1.165) is 0 Å². The highest BCUT2D eigenvalue weighted by Crippen LogP contribution is 2.41. The molecule has 4 atom stereocenters. The summed E-state index contributed by atoms with van der Waals surface area (Å²) >= 11 is 0. The number of hydrogen-bond acceptors (Lipinski definition) is 1. The SMILES string of the molecule is C[C@H](N[C@@H]1C[C@H]1c1ccccc1)[C@H](C)c1ccccc1. The van der Waals surface area contributed by atoms with Gasteiger partial charge in [-0.15, -0.1) is 0 Å². The van der Waals surface area contributed by atoms with Crippen LogP contribution in [0.15, 0.2) is 60.7 Å². The van der Waals surface area contributed by atoms with Crippen LogP contribution in [0.3, 0.4) is 0 Å². The van der Waals surface area contributed by atoms with Crippen LogP contribution in [0, 0.1) is 0 Å². The van der Waals surface area contributed by atoms with E-state index in [4.69, 9.17) is 0 Å². The Bertz CT molecular complexity index is 534. The molecule has 0 bridgehead atoms. The molecule has 104 valence electrons. The Kier molecular flexibility index (Phi) is 3.88. The van der Waals surface area contributed by atoms with Gasteiger partial charge in [0.2, 0.25) is 0 Å². The fourth-order valence-electron chi connectivity index (χ4n) is 2.98. The summed E-state index contributed by atoms with van der Waals surface area (Å²) < 4.78 is 0. The minimum Gasteiger partial charge on any atom is -0.310 e. The molecule has 20 heavy (non-hydrogen) atoms. The third-order valence-corrected chi connectivity index (χ3v) is 4.57. The molecular weight excluding hydrogens is 242 g/mol. The Morgan fingerprint density at radius 1 is 0.900 bits per heavy atom. The topological polar surface area (TPSA) is 12.0 Å². The van der Waals surface area contributed by atoms with E-state index in [2.05, 4.69) is 79.8 Å². The number of hydrogen-bond donors (Lipinski definition) is 1. The van der Waals surface area contributed by atoms with Gasteiger partial charge in [-0.25, -0.2) is 0 Å². The largest absolute Gasteiger partial charge is 0.310 e. The van der Waals surface area contributed by atoms with E-state index in [1.807, 2.05) is 0 Å². The second-order valence-electron chi connectivity index (χ2n) is 6.01. The van der Waals surface area contributed by atoms with Crippen LogP contribution in [0.25, 0.3) is 0 Å². The molecule has 0 aliphatic heterocycles. The second-order valence-corrected chi connectivity index (χ2v) is 6.01. The van der Waals surface area contributed by atoms with E-state index >= 15 is 0 Å². The summed E-state index contributed by atoms with van der Waals surface area (Å²) in [5.41, 5.74) is 2.90. The predicted octanol–water partition coefficient (Wildman–Crippen LogP) is 4.32. The molecule has 0 aromatic heterocycles.